The number of amides is 1. The van der Waals surface area contributed by atoms with E-state index in [0.29, 0.717) is 18.8 Å². The number of piperidine rings is 1. The maximum Gasteiger partial charge on any atom is 0.269 e. The Balaban J connectivity index is 1.91. The van der Waals surface area contributed by atoms with Crippen molar-refractivity contribution in [1.82, 2.24) is 20.0 Å². The summed E-state index contributed by atoms with van der Waals surface area (Å²) in [5.41, 5.74) is 1.49. The first-order valence-electron chi connectivity index (χ1n) is 7.08. The highest BCUT2D eigenvalue weighted by Gasteiger charge is 2.22. The molecule has 2 rings (SSSR count). The Morgan fingerprint density at radius 3 is 2.85 bits per heavy atom. The number of hydrogen-bond acceptors (Lipinski definition) is 4. The highest BCUT2D eigenvalue weighted by molar-refractivity contribution is 5.92. The summed E-state index contributed by atoms with van der Waals surface area (Å²) in [7, 11) is 0. The number of carbonyl (C=O) groups excluding carboxylic acids is 1. The molecular weight excluding hydrogens is 254 g/mol. The summed E-state index contributed by atoms with van der Waals surface area (Å²) in [6.45, 7) is 6.77. The maximum absolute atomic E-state index is 12.3. The summed E-state index contributed by atoms with van der Waals surface area (Å²) in [5.74, 6) is -0.0498. The maximum atomic E-state index is 12.3. The molecule has 0 spiro atoms. The minimum absolute atomic E-state index is 0.0498. The summed E-state index contributed by atoms with van der Waals surface area (Å²) in [4.78, 5) is 14.4. The predicted molar refractivity (Wildman–Crippen MR) is 75.2 cm³/mol. The summed E-state index contributed by atoms with van der Waals surface area (Å²) >= 11 is 0. The summed E-state index contributed by atoms with van der Waals surface area (Å²) in [6.07, 6.45) is 1.79. The Morgan fingerprint density at radius 1 is 1.55 bits per heavy atom. The van der Waals surface area contributed by atoms with Crippen molar-refractivity contribution < 1.29 is 4.79 Å². The van der Waals surface area contributed by atoms with Gasteiger partial charge in [0.15, 0.2) is 0 Å². The van der Waals surface area contributed by atoms with Crippen molar-refractivity contribution in [2.75, 3.05) is 19.6 Å². The highest BCUT2D eigenvalue weighted by atomic mass is 16.2. The molecule has 0 radical (unpaired) electrons. The van der Waals surface area contributed by atoms with Gasteiger partial charge in [0, 0.05) is 25.7 Å². The molecule has 6 heteroatoms. The van der Waals surface area contributed by atoms with Gasteiger partial charge in [-0.3, -0.25) is 14.4 Å². The van der Waals surface area contributed by atoms with Crippen molar-refractivity contribution in [2.24, 2.45) is 0 Å². The lowest BCUT2D eigenvalue weighted by Gasteiger charge is -2.30. The van der Waals surface area contributed by atoms with E-state index in [-0.39, 0.29) is 11.9 Å². The molecule has 20 heavy (non-hydrogen) atoms. The largest absolute Gasteiger partial charge is 0.348 e. The first-order valence-corrected chi connectivity index (χ1v) is 7.08. The lowest BCUT2D eigenvalue weighted by molar-refractivity contribution is 0.0903. The number of aromatic nitrogens is 2. The van der Waals surface area contributed by atoms with Gasteiger partial charge in [-0.2, -0.15) is 10.4 Å². The first kappa shape index (κ1) is 14.5. The predicted octanol–water partition coefficient (Wildman–Crippen LogP) is 0.929. The molecule has 108 valence electrons. The van der Waals surface area contributed by atoms with E-state index in [0.717, 1.165) is 31.6 Å². The van der Waals surface area contributed by atoms with Gasteiger partial charge < -0.3 is 5.32 Å². The van der Waals surface area contributed by atoms with Crippen molar-refractivity contribution >= 4 is 5.91 Å². The molecule has 1 amide bonds. The van der Waals surface area contributed by atoms with Crippen molar-refractivity contribution in [3.05, 3.63) is 17.5 Å². The minimum atomic E-state index is -0.0498. The number of rotatable bonds is 4. The third-order valence-corrected chi connectivity index (χ3v) is 3.65. The van der Waals surface area contributed by atoms with Crippen LogP contribution in [-0.2, 0) is 6.54 Å². The molecule has 6 nitrogen and oxygen atoms in total. The van der Waals surface area contributed by atoms with Crippen molar-refractivity contribution in [1.29, 1.82) is 5.26 Å². The number of likely N-dealkylation sites (tertiary alicyclic amines) is 1. The number of aryl methyl sites for hydroxylation is 2. The smallest absolute Gasteiger partial charge is 0.269 e. The van der Waals surface area contributed by atoms with E-state index in [1.165, 1.54) is 0 Å². The van der Waals surface area contributed by atoms with Crippen LogP contribution in [0.2, 0.25) is 0 Å². The molecule has 0 aromatic carbocycles. The Kier molecular flexibility index (Phi) is 4.74. The van der Waals surface area contributed by atoms with E-state index in [1.54, 1.807) is 4.68 Å². The fourth-order valence-electron chi connectivity index (χ4n) is 2.56. The second kappa shape index (κ2) is 6.53. The van der Waals surface area contributed by atoms with Gasteiger partial charge in [-0.15, -0.1) is 0 Å². The lowest BCUT2D eigenvalue weighted by atomic mass is 10.0. The van der Waals surface area contributed by atoms with Crippen LogP contribution >= 0.6 is 0 Å². The summed E-state index contributed by atoms with van der Waals surface area (Å²) in [6, 6.07) is 4.18. The minimum Gasteiger partial charge on any atom is -0.348 e. The fourth-order valence-corrected chi connectivity index (χ4v) is 2.56. The molecule has 1 aromatic heterocycles. The Hall–Kier alpha value is -1.87. The normalized spacial score (nSPS) is 16.9. The van der Waals surface area contributed by atoms with Crippen LogP contribution in [0.25, 0.3) is 0 Å². The Bertz CT molecular complexity index is 508. The van der Waals surface area contributed by atoms with E-state index in [2.05, 4.69) is 21.4 Å². The second-order valence-corrected chi connectivity index (χ2v) is 5.17. The third-order valence-electron chi connectivity index (χ3n) is 3.65. The van der Waals surface area contributed by atoms with E-state index >= 15 is 0 Å². The molecular formula is C14H21N5O. The average molecular weight is 275 g/mol. The SMILES string of the molecule is CCn1nc(C)cc1C(=O)NC1CCN(CC#N)CC1. The molecule has 0 saturated carbocycles. The zero-order valence-electron chi connectivity index (χ0n) is 12.1. The summed E-state index contributed by atoms with van der Waals surface area (Å²) < 4.78 is 1.73. The van der Waals surface area contributed by atoms with Crippen molar-refractivity contribution in [3.8, 4) is 6.07 Å². The molecule has 0 atom stereocenters. The van der Waals surface area contributed by atoms with Crippen LogP contribution in [0.1, 0.15) is 35.9 Å². The van der Waals surface area contributed by atoms with Crippen LogP contribution in [0.15, 0.2) is 6.07 Å². The van der Waals surface area contributed by atoms with Crippen LogP contribution in [0.5, 0.6) is 0 Å². The quantitative estimate of drug-likeness (QED) is 0.830. The van der Waals surface area contributed by atoms with Gasteiger partial charge >= 0.3 is 0 Å². The van der Waals surface area contributed by atoms with Gasteiger partial charge in [0.2, 0.25) is 0 Å². The zero-order valence-corrected chi connectivity index (χ0v) is 12.1. The number of nitriles is 1. The molecule has 1 saturated heterocycles. The van der Waals surface area contributed by atoms with E-state index in [1.807, 2.05) is 19.9 Å². The van der Waals surface area contributed by atoms with Crippen LogP contribution < -0.4 is 5.32 Å². The Labute approximate surface area is 119 Å². The zero-order chi connectivity index (χ0) is 14.5. The number of nitrogens with one attached hydrogen (secondary N) is 1. The van der Waals surface area contributed by atoms with Crippen LogP contribution in [-0.4, -0.2) is 46.3 Å². The third kappa shape index (κ3) is 3.36. The molecule has 1 fully saturated rings. The van der Waals surface area contributed by atoms with Crippen LogP contribution in [0, 0.1) is 18.3 Å². The van der Waals surface area contributed by atoms with Crippen LogP contribution in [0.4, 0.5) is 0 Å². The van der Waals surface area contributed by atoms with Gasteiger partial charge in [-0.25, -0.2) is 0 Å². The topological polar surface area (TPSA) is 74.0 Å². The van der Waals surface area contributed by atoms with Crippen molar-refractivity contribution in [3.63, 3.8) is 0 Å². The Morgan fingerprint density at radius 2 is 2.25 bits per heavy atom. The molecule has 1 aromatic rings. The van der Waals surface area contributed by atoms with Gasteiger partial charge in [-0.05, 0) is 32.8 Å². The van der Waals surface area contributed by atoms with Crippen LogP contribution in [0.3, 0.4) is 0 Å². The second-order valence-electron chi connectivity index (χ2n) is 5.17. The van der Waals surface area contributed by atoms with Gasteiger partial charge in [0.25, 0.3) is 5.91 Å². The molecule has 0 unspecified atom stereocenters. The average Bonchev–Trinajstić information content (AvgIpc) is 2.82. The number of nitrogens with zero attached hydrogens (tertiary/aromatic N) is 4. The monoisotopic (exact) mass is 275 g/mol. The molecule has 1 aliphatic heterocycles. The molecule has 0 bridgehead atoms. The molecule has 1 N–H and O–H groups in total. The van der Waals surface area contributed by atoms with E-state index in [4.69, 9.17) is 5.26 Å². The molecule has 0 aliphatic carbocycles. The fraction of sp³-hybridized carbons (Fsp3) is 0.643. The van der Waals surface area contributed by atoms with Gasteiger partial charge in [0.1, 0.15) is 5.69 Å². The first-order chi connectivity index (χ1) is 9.63. The highest BCUT2D eigenvalue weighted by Crippen LogP contribution is 2.11. The van der Waals surface area contributed by atoms with E-state index in [9.17, 15) is 4.79 Å². The number of carbonyl (C=O) groups is 1. The standard InChI is InChI=1S/C14H21N5O/c1-3-19-13(10-11(2)17-19)14(20)16-12-4-7-18(8-5-12)9-6-15/h10,12H,3-5,7-9H2,1-2H3,(H,16,20). The lowest BCUT2D eigenvalue weighted by Crippen LogP contribution is -2.45. The molecule has 1 aliphatic rings. The van der Waals surface area contributed by atoms with Gasteiger partial charge in [-0.1, -0.05) is 0 Å². The van der Waals surface area contributed by atoms with Crippen molar-refractivity contribution in [2.45, 2.75) is 39.3 Å². The van der Waals surface area contributed by atoms with Gasteiger partial charge in [0.05, 0.1) is 18.3 Å². The summed E-state index contributed by atoms with van der Waals surface area (Å²) in [5, 5.41) is 16.0. The number of hydrogen-bond donors (Lipinski definition) is 1. The molecule has 2 heterocycles. The van der Waals surface area contributed by atoms with E-state index < -0.39 is 0 Å².